The molecule has 0 fully saturated rings. The summed E-state index contributed by atoms with van der Waals surface area (Å²) < 4.78 is 32.4. The van der Waals surface area contributed by atoms with Gasteiger partial charge in [0, 0.05) is 4.47 Å². The maximum Gasteiger partial charge on any atom is 0.189 e. The van der Waals surface area contributed by atoms with Crippen LogP contribution in [0.1, 0.15) is 0 Å². The Bertz CT molecular complexity index is 533. The van der Waals surface area contributed by atoms with Gasteiger partial charge in [-0.25, -0.2) is 8.78 Å². The van der Waals surface area contributed by atoms with Crippen molar-refractivity contribution in [1.82, 2.24) is 5.16 Å². The number of nitrogen functional groups attached to an aromatic ring is 1. The van der Waals surface area contributed by atoms with Crippen LogP contribution in [0.25, 0.3) is 11.3 Å². The summed E-state index contributed by atoms with van der Waals surface area (Å²) in [4.78, 5) is 0. The molecular formula is C9H4Br2F2N2O. The van der Waals surface area contributed by atoms with Crippen molar-refractivity contribution in [3.63, 3.8) is 0 Å². The Hall–Kier alpha value is -0.950. The minimum Gasteiger partial charge on any atom is -0.380 e. The van der Waals surface area contributed by atoms with E-state index >= 15 is 0 Å². The lowest BCUT2D eigenvalue weighted by Crippen LogP contribution is -1.90. The molecule has 84 valence electrons. The van der Waals surface area contributed by atoms with Gasteiger partial charge in [0.25, 0.3) is 0 Å². The first-order valence-corrected chi connectivity index (χ1v) is 5.65. The Morgan fingerprint density at radius 1 is 1.19 bits per heavy atom. The van der Waals surface area contributed by atoms with Crippen LogP contribution in [0.4, 0.5) is 14.6 Å². The predicted octanol–water partition coefficient (Wildman–Crippen LogP) is 3.73. The Labute approximate surface area is 106 Å². The van der Waals surface area contributed by atoms with Gasteiger partial charge in [-0.1, -0.05) is 21.1 Å². The van der Waals surface area contributed by atoms with Crippen molar-refractivity contribution in [2.75, 3.05) is 5.73 Å². The molecule has 0 saturated carbocycles. The third-order valence-corrected chi connectivity index (χ3v) is 3.12. The number of aromatic nitrogens is 1. The van der Waals surface area contributed by atoms with Crippen molar-refractivity contribution in [2.24, 2.45) is 0 Å². The van der Waals surface area contributed by atoms with E-state index in [2.05, 4.69) is 37.0 Å². The largest absolute Gasteiger partial charge is 0.380 e. The fourth-order valence-electron chi connectivity index (χ4n) is 1.21. The van der Waals surface area contributed by atoms with Crippen LogP contribution < -0.4 is 5.73 Å². The number of anilines is 1. The van der Waals surface area contributed by atoms with Crippen LogP contribution in [0.2, 0.25) is 0 Å². The molecule has 2 N–H and O–H groups in total. The highest BCUT2D eigenvalue weighted by molar-refractivity contribution is 9.11. The van der Waals surface area contributed by atoms with E-state index in [1.165, 1.54) is 0 Å². The van der Waals surface area contributed by atoms with Gasteiger partial charge in [-0.15, -0.1) is 0 Å². The molecule has 0 aliphatic rings. The van der Waals surface area contributed by atoms with Crippen LogP contribution >= 0.6 is 31.9 Å². The fourth-order valence-corrected chi connectivity index (χ4v) is 1.95. The van der Waals surface area contributed by atoms with Crippen molar-refractivity contribution >= 4 is 37.7 Å². The Kier molecular flexibility index (Phi) is 2.98. The molecule has 1 aromatic carbocycles. The number of rotatable bonds is 1. The summed E-state index contributed by atoms with van der Waals surface area (Å²) >= 11 is 6.03. The maximum atomic E-state index is 13.6. The molecule has 0 spiro atoms. The van der Waals surface area contributed by atoms with Crippen LogP contribution in [0.5, 0.6) is 0 Å². The van der Waals surface area contributed by atoms with Crippen LogP contribution in [0.15, 0.2) is 25.6 Å². The van der Waals surface area contributed by atoms with Gasteiger partial charge in [0.15, 0.2) is 11.6 Å². The Morgan fingerprint density at radius 2 is 1.75 bits per heavy atom. The van der Waals surface area contributed by atoms with Crippen molar-refractivity contribution < 1.29 is 13.3 Å². The maximum absolute atomic E-state index is 13.6. The van der Waals surface area contributed by atoms with Crippen LogP contribution in [0, 0.1) is 11.6 Å². The Morgan fingerprint density at radius 3 is 2.19 bits per heavy atom. The van der Waals surface area contributed by atoms with E-state index < -0.39 is 11.6 Å². The molecule has 0 radical (unpaired) electrons. The predicted molar refractivity (Wildman–Crippen MR) is 61.7 cm³/mol. The van der Waals surface area contributed by atoms with Gasteiger partial charge in [0.05, 0.1) is 5.56 Å². The van der Waals surface area contributed by atoms with Gasteiger partial charge in [-0.3, -0.25) is 0 Å². The van der Waals surface area contributed by atoms with Gasteiger partial charge in [0.2, 0.25) is 0 Å². The van der Waals surface area contributed by atoms with Crippen molar-refractivity contribution in [3.8, 4) is 11.3 Å². The highest BCUT2D eigenvalue weighted by Gasteiger charge is 2.21. The van der Waals surface area contributed by atoms with Gasteiger partial charge < -0.3 is 10.3 Å². The van der Waals surface area contributed by atoms with Gasteiger partial charge in [-0.2, -0.15) is 0 Å². The van der Waals surface area contributed by atoms with E-state index in [-0.39, 0.29) is 21.6 Å². The zero-order valence-corrected chi connectivity index (χ0v) is 10.8. The SMILES string of the molecule is Nc1noc(-c2c(F)cc(Br)cc2F)c1Br. The summed E-state index contributed by atoms with van der Waals surface area (Å²) in [6.45, 7) is 0. The molecule has 0 unspecified atom stereocenters. The fraction of sp³-hybridized carbons (Fsp3) is 0. The average Bonchev–Trinajstić information content (AvgIpc) is 2.48. The summed E-state index contributed by atoms with van der Waals surface area (Å²) in [5, 5.41) is 3.41. The molecule has 0 amide bonds. The van der Waals surface area contributed by atoms with E-state index in [0.717, 1.165) is 12.1 Å². The second-order valence-electron chi connectivity index (χ2n) is 2.96. The molecule has 0 aliphatic heterocycles. The Balaban J connectivity index is 2.69. The van der Waals surface area contributed by atoms with Gasteiger partial charge in [-0.05, 0) is 28.1 Å². The van der Waals surface area contributed by atoms with Crippen LogP contribution in [-0.2, 0) is 0 Å². The molecule has 2 rings (SSSR count). The second-order valence-corrected chi connectivity index (χ2v) is 4.66. The number of nitrogens with zero attached hydrogens (tertiary/aromatic N) is 1. The van der Waals surface area contributed by atoms with E-state index in [4.69, 9.17) is 10.3 Å². The first kappa shape index (κ1) is 11.5. The quantitative estimate of drug-likeness (QED) is 0.849. The number of benzene rings is 1. The normalized spacial score (nSPS) is 10.8. The standard InChI is InChI=1S/C9H4Br2F2N2O/c10-3-1-4(12)6(5(13)2-3)8-7(11)9(14)15-16-8/h1-2H,(H2,14,15). The summed E-state index contributed by atoms with van der Waals surface area (Å²) in [7, 11) is 0. The van der Waals surface area contributed by atoms with Crippen LogP contribution in [-0.4, -0.2) is 5.16 Å². The minimum atomic E-state index is -0.760. The smallest absolute Gasteiger partial charge is 0.189 e. The third kappa shape index (κ3) is 1.84. The molecule has 0 atom stereocenters. The molecule has 1 heterocycles. The molecule has 2 aromatic rings. The topological polar surface area (TPSA) is 52.0 Å². The zero-order chi connectivity index (χ0) is 11.9. The number of hydrogen-bond acceptors (Lipinski definition) is 3. The van der Waals surface area contributed by atoms with E-state index in [1.807, 2.05) is 0 Å². The van der Waals surface area contributed by atoms with Gasteiger partial charge >= 0.3 is 0 Å². The molecule has 16 heavy (non-hydrogen) atoms. The molecule has 0 bridgehead atoms. The minimum absolute atomic E-state index is 0.0386. The lowest BCUT2D eigenvalue weighted by atomic mass is 10.1. The van der Waals surface area contributed by atoms with E-state index in [0.29, 0.717) is 4.47 Å². The van der Waals surface area contributed by atoms with Crippen molar-refractivity contribution in [2.45, 2.75) is 0 Å². The summed E-state index contributed by atoms with van der Waals surface area (Å²) in [6, 6.07) is 2.26. The van der Waals surface area contributed by atoms with Gasteiger partial charge in [0.1, 0.15) is 16.1 Å². The third-order valence-electron chi connectivity index (χ3n) is 1.89. The number of nitrogens with two attached hydrogens (primary N) is 1. The lowest BCUT2D eigenvalue weighted by molar-refractivity contribution is 0.429. The van der Waals surface area contributed by atoms with E-state index in [1.54, 1.807) is 0 Å². The molecule has 1 aromatic heterocycles. The highest BCUT2D eigenvalue weighted by atomic mass is 79.9. The molecular weight excluding hydrogens is 350 g/mol. The summed E-state index contributed by atoms with van der Waals surface area (Å²) in [5.41, 5.74) is 5.10. The summed E-state index contributed by atoms with van der Waals surface area (Å²) in [6.07, 6.45) is 0. The monoisotopic (exact) mass is 352 g/mol. The van der Waals surface area contributed by atoms with Crippen LogP contribution in [0.3, 0.4) is 0 Å². The molecule has 0 saturated heterocycles. The molecule has 3 nitrogen and oxygen atoms in total. The lowest BCUT2D eigenvalue weighted by Gasteiger charge is -2.02. The highest BCUT2D eigenvalue weighted by Crippen LogP contribution is 2.36. The molecule has 7 heteroatoms. The van der Waals surface area contributed by atoms with Crippen molar-refractivity contribution in [3.05, 3.63) is 32.7 Å². The number of halogens is 4. The first-order chi connectivity index (χ1) is 7.50. The first-order valence-electron chi connectivity index (χ1n) is 4.06. The summed E-state index contributed by atoms with van der Waals surface area (Å²) in [5.74, 6) is -1.55. The molecule has 0 aliphatic carbocycles. The van der Waals surface area contributed by atoms with Crippen molar-refractivity contribution in [1.29, 1.82) is 0 Å². The second kappa shape index (κ2) is 4.14. The van der Waals surface area contributed by atoms with E-state index in [9.17, 15) is 8.78 Å². The number of hydrogen-bond donors (Lipinski definition) is 1. The zero-order valence-electron chi connectivity index (χ0n) is 7.60. The average molecular weight is 354 g/mol.